The number of ether oxygens (including phenoxy) is 2. The average molecular weight is 409 g/mol. The van der Waals surface area contributed by atoms with E-state index in [9.17, 15) is 14.0 Å². The van der Waals surface area contributed by atoms with Gasteiger partial charge in [0.25, 0.3) is 5.91 Å². The fourth-order valence-electron chi connectivity index (χ4n) is 3.66. The van der Waals surface area contributed by atoms with Crippen LogP contribution in [0.25, 0.3) is 11.0 Å². The minimum atomic E-state index is -0.667. The third-order valence-electron chi connectivity index (χ3n) is 5.03. The van der Waals surface area contributed by atoms with Crippen molar-refractivity contribution in [3.8, 4) is 5.75 Å². The van der Waals surface area contributed by atoms with Crippen molar-refractivity contribution in [2.45, 2.75) is 6.04 Å². The van der Waals surface area contributed by atoms with E-state index >= 15 is 0 Å². The minimum Gasteiger partial charge on any atom is -0.490 e. The van der Waals surface area contributed by atoms with Gasteiger partial charge in [-0.25, -0.2) is 4.39 Å². The summed E-state index contributed by atoms with van der Waals surface area (Å²) in [6.45, 7) is 4.54. The number of nitrogens with zero attached hydrogens (tertiary/aromatic N) is 1. The molecule has 2 aromatic carbocycles. The zero-order valence-corrected chi connectivity index (χ0v) is 16.4. The van der Waals surface area contributed by atoms with Crippen molar-refractivity contribution in [2.24, 2.45) is 0 Å². The molecule has 1 aromatic heterocycles. The van der Waals surface area contributed by atoms with Gasteiger partial charge in [-0.2, -0.15) is 0 Å². The first-order valence-electron chi connectivity index (χ1n) is 9.45. The van der Waals surface area contributed by atoms with Crippen LogP contribution in [-0.2, 0) is 4.74 Å². The first-order valence-corrected chi connectivity index (χ1v) is 9.45. The second kappa shape index (κ2) is 8.12. The lowest BCUT2D eigenvalue weighted by Gasteiger charge is -2.25. The summed E-state index contributed by atoms with van der Waals surface area (Å²) >= 11 is 0. The van der Waals surface area contributed by atoms with Gasteiger partial charge in [-0.15, -0.1) is 0 Å². The molecule has 3 aromatic rings. The quantitative estimate of drug-likeness (QED) is 0.557. The molecule has 1 aliphatic heterocycles. The van der Waals surface area contributed by atoms with Gasteiger partial charge in [-0.05, 0) is 35.9 Å². The molecular weight excluding hydrogens is 389 g/mol. The van der Waals surface area contributed by atoms with E-state index in [1.165, 1.54) is 24.1 Å². The van der Waals surface area contributed by atoms with Crippen LogP contribution in [0.2, 0.25) is 0 Å². The number of hydrogen-bond acceptors (Lipinski definition) is 5. The van der Waals surface area contributed by atoms with Gasteiger partial charge in [0.2, 0.25) is 5.76 Å². The zero-order chi connectivity index (χ0) is 21.3. The van der Waals surface area contributed by atoms with E-state index in [4.69, 9.17) is 13.9 Å². The predicted octanol–water partition coefficient (Wildman–Crippen LogP) is 3.69. The van der Waals surface area contributed by atoms with Crippen molar-refractivity contribution in [1.29, 1.82) is 0 Å². The summed E-state index contributed by atoms with van der Waals surface area (Å²) in [5.41, 5.74) is 0.672. The number of amides is 1. The van der Waals surface area contributed by atoms with Crippen LogP contribution in [0.3, 0.4) is 0 Å². The predicted molar refractivity (Wildman–Crippen MR) is 109 cm³/mol. The number of carbonyl (C=O) groups is 1. The second-order valence-corrected chi connectivity index (χ2v) is 6.88. The first kappa shape index (κ1) is 19.8. The Morgan fingerprint density at radius 1 is 1.20 bits per heavy atom. The Balaban J connectivity index is 1.86. The van der Waals surface area contributed by atoms with Crippen LogP contribution in [0.5, 0.6) is 5.75 Å². The molecule has 0 unspecified atom stereocenters. The fourth-order valence-corrected chi connectivity index (χ4v) is 3.66. The molecule has 0 spiro atoms. The highest BCUT2D eigenvalue weighted by Crippen LogP contribution is 2.38. The Hall–Kier alpha value is -3.45. The number of carbonyl (C=O) groups excluding carboxylic acids is 1. The molecule has 0 saturated carbocycles. The van der Waals surface area contributed by atoms with Crippen LogP contribution in [-0.4, -0.2) is 37.7 Å². The summed E-state index contributed by atoms with van der Waals surface area (Å²) in [5, 5.41) is 0.103. The molecule has 4 rings (SSSR count). The third kappa shape index (κ3) is 3.37. The van der Waals surface area contributed by atoms with Crippen molar-refractivity contribution in [2.75, 3.05) is 26.9 Å². The molecular formula is C23H20FNO5. The molecule has 6 nitrogen and oxygen atoms in total. The number of halogens is 1. The summed E-state index contributed by atoms with van der Waals surface area (Å²) < 4.78 is 30.2. The van der Waals surface area contributed by atoms with Gasteiger partial charge in [0.1, 0.15) is 23.8 Å². The lowest BCUT2D eigenvalue weighted by atomic mass is 9.98. The van der Waals surface area contributed by atoms with Crippen molar-refractivity contribution in [3.05, 3.63) is 88.0 Å². The van der Waals surface area contributed by atoms with Gasteiger partial charge in [-0.1, -0.05) is 24.8 Å². The minimum absolute atomic E-state index is 0.0211. The number of benzene rings is 2. The highest BCUT2D eigenvalue weighted by Gasteiger charge is 2.42. The van der Waals surface area contributed by atoms with Gasteiger partial charge in [0, 0.05) is 13.7 Å². The van der Waals surface area contributed by atoms with E-state index < -0.39 is 23.2 Å². The Bertz CT molecular complexity index is 1170. The van der Waals surface area contributed by atoms with E-state index in [1.54, 1.807) is 30.3 Å². The summed E-state index contributed by atoms with van der Waals surface area (Å²) in [7, 11) is 1.54. The smallest absolute Gasteiger partial charge is 0.290 e. The monoisotopic (exact) mass is 409 g/mol. The maximum atomic E-state index is 13.8. The fraction of sp³-hybridized carbons (Fsp3) is 0.217. The average Bonchev–Trinajstić information content (AvgIpc) is 3.03. The van der Waals surface area contributed by atoms with Crippen molar-refractivity contribution < 1.29 is 23.1 Å². The summed E-state index contributed by atoms with van der Waals surface area (Å²) in [4.78, 5) is 27.9. The van der Waals surface area contributed by atoms with Crippen LogP contribution in [0.15, 0.2) is 64.3 Å². The van der Waals surface area contributed by atoms with Gasteiger partial charge in [0.15, 0.2) is 5.43 Å². The van der Waals surface area contributed by atoms with Crippen LogP contribution < -0.4 is 10.2 Å². The Morgan fingerprint density at radius 3 is 2.67 bits per heavy atom. The highest BCUT2D eigenvalue weighted by molar-refractivity contribution is 5.99. The standard InChI is InChI=1S/C23H20FNO5/c1-3-11-29-16-7-4-14(5-8-16)20-19-21(26)17-13-15(24)6-9-18(17)30-22(19)23(27)25(20)10-12-28-2/h3-9,13,20H,1,10-12H2,2H3/t20-/m1/s1. The zero-order valence-electron chi connectivity index (χ0n) is 16.4. The Kier molecular flexibility index (Phi) is 5.37. The van der Waals surface area contributed by atoms with Gasteiger partial charge in [-0.3, -0.25) is 9.59 Å². The van der Waals surface area contributed by atoms with E-state index in [0.29, 0.717) is 24.5 Å². The molecule has 0 saturated heterocycles. The van der Waals surface area contributed by atoms with E-state index in [2.05, 4.69) is 6.58 Å². The van der Waals surface area contributed by atoms with Crippen LogP contribution in [0.1, 0.15) is 27.7 Å². The van der Waals surface area contributed by atoms with E-state index in [1.807, 2.05) is 0 Å². The van der Waals surface area contributed by atoms with Crippen molar-refractivity contribution >= 4 is 16.9 Å². The molecule has 154 valence electrons. The molecule has 0 fully saturated rings. The van der Waals surface area contributed by atoms with Gasteiger partial charge in [0.05, 0.1) is 23.6 Å². The maximum absolute atomic E-state index is 13.8. The largest absolute Gasteiger partial charge is 0.490 e. The SMILES string of the molecule is C=CCOc1ccc([C@@H]2c3c(oc4ccc(F)cc4c3=O)C(=O)N2CCOC)cc1. The molecule has 0 aliphatic carbocycles. The topological polar surface area (TPSA) is 69.0 Å². The number of rotatable bonds is 7. The molecule has 1 atom stereocenters. The molecule has 7 heteroatoms. The molecule has 0 N–H and O–H groups in total. The number of hydrogen-bond donors (Lipinski definition) is 0. The van der Waals surface area contributed by atoms with Crippen LogP contribution >= 0.6 is 0 Å². The Labute approximate surface area is 172 Å². The normalized spacial score (nSPS) is 15.5. The summed E-state index contributed by atoms with van der Waals surface area (Å²) in [6, 6.07) is 10.1. The molecule has 2 heterocycles. The maximum Gasteiger partial charge on any atom is 0.290 e. The highest BCUT2D eigenvalue weighted by atomic mass is 19.1. The number of methoxy groups -OCH3 is 1. The first-order chi connectivity index (χ1) is 14.5. The lowest BCUT2D eigenvalue weighted by molar-refractivity contribution is 0.0663. The lowest BCUT2D eigenvalue weighted by Crippen LogP contribution is -2.32. The summed E-state index contributed by atoms with van der Waals surface area (Å²) in [5.74, 6) is -0.329. The van der Waals surface area contributed by atoms with E-state index in [-0.39, 0.29) is 28.8 Å². The molecule has 1 amide bonds. The van der Waals surface area contributed by atoms with Gasteiger partial charge < -0.3 is 18.8 Å². The second-order valence-electron chi connectivity index (χ2n) is 6.88. The summed E-state index contributed by atoms with van der Waals surface area (Å²) in [6.07, 6.45) is 1.64. The van der Waals surface area contributed by atoms with Crippen molar-refractivity contribution in [3.63, 3.8) is 0 Å². The Morgan fingerprint density at radius 2 is 1.97 bits per heavy atom. The number of fused-ring (bicyclic) bond motifs is 2. The van der Waals surface area contributed by atoms with Crippen LogP contribution in [0, 0.1) is 5.82 Å². The molecule has 0 bridgehead atoms. The van der Waals surface area contributed by atoms with E-state index in [0.717, 1.165) is 6.07 Å². The molecule has 30 heavy (non-hydrogen) atoms. The van der Waals surface area contributed by atoms with Crippen molar-refractivity contribution in [1.82, 2.24) is 4.90 Å². The third-order valence-corrected chi connectivity index (χ3v) is 5.03. The van der Waals surface area contributed by atoms with Gasteiger partial charge >= 0.3 is 0 Å². The molecule has 0 radical (unpaired) electrons. The molecule has 1 aliphatic rings. The van der Waals surface area contributed by atoms with Crippen LogP contribution in [0.4, 0.5) is 4.39 Å².